The number of nitrogens with zero attached hydrogens (tertiary/aromatic N) is 2. The molecule has 8 nitrogen and oxygen atoms in total. The average molecular weight is 590 g/mol. The van der Waals surface area contributed by atoms with E-state index in [1.165, 1.54) is 41.4 Å². The standard InChI is InChI=1S/C12H11NO2.C11H11N.2Cr.Cu.4O/c14-12(15)10-7-13-6-2-4-8-3-1-5-9(10)11(8)13;1-3-9-5-2-7-12-8-6-10(4-1)11(9)12;;;;;;;/h1,3,5,7H,2,4,6H2,(H,14,15);1,3-4,6,8H,2,5,7H2;;;;;;;. The van der Waals surface area contributed by atoms with Crippen LogP contribution in [0.5, 0.6) is 0 Å². The van der Waals surface area contributed by atoms with Crippen molar-refractivity contribution >= 4 is 27.8 Å². The summed E-state index contributed by atoms with van der Waals surface area (Å²) >= 11 is -0.854. The molecule has 183 valence electrons. The molecular formula is C23H22Cr2CuN2O6. The van der Waals surface area contributed by atoms with Gasteiger partial charge in [-0.05, 0) is 48.3 Å². The van der Waals surface area contributed by atoms with E-state index >= 15 is 0 Å². The van der Waals surface area contributed by atoms with Gasteiger partial charge in [0, 0.05) is 48.2 Å². The molecular weight excluding hydrogens is 568 g/mol. The molecule has 0 unspecified atom stereocenters. The fraction of sp³-hybridized carbons (Fsp3) is 0.261. The number of hydrogen-bond acceptors (Lipinski definition) is 5. The zero-order chi connectivity index (χ0) is 24.0. The number of aromatic carboxylic acids is 1. The molecule has 0 atom stereocenters. The van der Waals surface area contributed by atoms with E-state index in [4.69, 9.17) is 20.4 Å². The molecule has 4 heterocycles. The van der Waals surface area contributed by atoms with Gasteiger partial charge >= 0.3 is 51.1 Å². The van der Waals surface area contributed by atoms with Crippen LogP contribution in [0.1, 0.15) is 34.3 Å². The van der Waals surface area contributed by atoms with Gasteiger partial charge in [-0.3, -0.25) is 0 Å². The number of carboxylic acid groups (broad SMARTS) is 1. The number of hydrogen-bond donors (Lipinski definition) is 1. The first-order valence-corrected chi connectivity index (χ1v) is 12.2. The second kappa shape index (κ2) is 13.0. The fourth-order valence-corrected chi connectivity index (χ4v) is 4.59. The molecule has 0 amide bonds. The van der Waals surface area contributed by atoms with Crippen molar-refractivity contribution < 1.29 is 72.4 Å². The van der Waals surface area contributed by atoms with Crippen molar-refractivity contribution in [1.29, 1.82) is 0 Å². The minimum absolute atomic E-state index is 0. The summed E-state index contributed by atoms with van der Waals surface area (Å²) in [7, 11) is 0. The largest absolute Gasteiger partial charge is 0.347 e. The van der Waals surface area contributed by atoms with Crippen molar-refractivity contribution in [2.45, 2.75) is 38.8 Å². The van der Waals surface area contributed by atoms with Crippen molar-refractivity contribution in [3.05, 3.63) is 71.5 Å². The molecule has 0 aliphatic carbocycles. The van der Waals surface area contributed by atoms with E-state index in [-0.39, 0.29) is 17.4 Å². The van der Waals surface area contributed by atoms with E-state index in [0.717, 1.165) is 30.3 Å². The van der Waals surface area contributed by atoms with Crippen LogP contribution < -0.4 is 0 Å². The van der Waals surface area contributed by atoms with E-state index in [2.05, 4.69) is 61.6 Å². The third-order valence-corrected chi connectivity index (χ3v) is 5.77. The first-order chi connectivity index (χ1) is 16.0. The van der Waals surface area contributed by atoms with Gasteiger partial charge in [0.2, 0.25) is 0 Å². The van der Waals surface area contributed by atoms with E-state index in [9.17, 15) is 4.79 Å². The quantitative estimate of drug-likeness (QED) is 0.329. The summed E-state index contributed by atoms with van der Waals surface area (Å²) < 4.78 is 37.9. The SMILES string of the molecule is O=C(O)c1cn2c3c(cccc13)CCC2.[Cr].[O]=[Cr](=[O])=[O].[O]=[Cu].c1cc2c3c(c1)ccn3CCC2. The predicted molar refractivity (Wildman–Crippen MR) is 110 cm³/mol. The van der Waals surface area contributed by atoms with Crippen molar-refractivity contribution in [2.75, 3.05) is 0 Å². The van der Waals surface area contributed by atoms with Crippen LogP contribution in [0.4, 0.5) is 0 Å². The van der Waals surface area contributed by atoms with E-state index < -0.39 is 19.9 Å². The van der Waals surface area contributed by atoms with Crippen LogP contribution in [0.25, 0.3) is 21.8 Å². The van der Waals surface area contributed by atoms with Crippen LogP contribution in [0.2, 0.25) is 0 Å². The second-order valence-corrected chi connectivity index (χ2v) is 8.27. The predicted octanol–water partition coefficient (Wildman–Crippen LogP) is 4.39. The Hall–Kier alpha value is -2.23. The summed E-state index contributed by atoms with van der Waals surface area (Å²) in [5.74, 6) is -0.835. The first kappa shape index (κ1) is 28.0. The number of benzene rings is 2. The molecule has 11 heteroatoms. The summed E-state index contributed by atoms with van der Waals surface area (Å²) in [4.78, 5) is 11.1. The Morgan fingerprint density at radius 1 is 0.853 bits per heavy atom. The van der Waals surface area contributed by atoms with E-state index in [0.29, 0.717) is 5.56 Å². The van der Waals surface area contributed by atoms with Crippen molar-refractivity contribution in [2.24, 2.45) is 0 Å². The molecule has 0 saturated carbocycles. The molecule has 0 bridgehead atoms. The maximum Gasteiger partial charge on any atom is 0.0512 e. The van der Waals surface area contributed by atoms with Gasteiger partial charge in [0.1, 0.15) is 0 Å². The van der Waals surface area contributed by atoms with Gasteiger partial charge in [0.05, 0.1) is 16.6 Å². The van der Waals surface area contributed by atoms with Crippen LogP contribution in [0.15, 0.2) is 54.9 Å². The Kier molecular flexibility index (Phi) is 10.7. The van der Waals surface area contributed by atoms with Gasteiger partial charge < -0.3 is 14.2 Å². The van der Waals surface area contributed by atoms with Gasteiger partial charge in [-0.2, -0.15) is 0 Å². The molecule has 0 saturated heterocycles. The molecule has 0 radical (unpaired) electrons. The Labute approximate surface area is 218 Å². The minimum Gasteiger partial charge on any atom is -0.347 e. The molecule has 2 aliphatic heterocycles. The Morgan fingerprint density at radius 3 is 2.03 bits per heavy atom. The molecule has 2 aromatic carbocycles. The van der Waals surface area contributed by atoms with Gasteiger partial charge in [0.25, 0.3) is 0 Å². The van der Waals surface area contributed by atoms with Crippen molar-refractivity contribution in [3.63, 3.8) is 0 Å². The fourth-order valence-electron chi connectivity index (χ4n) is 4.59. The molecule has 2 aliphatic rings. The van der Waals surface area contributed by atoms with Crippen molar-refractivity contribution in [3.8, 4) is 0 Å². The summed E-state index contributed by atoms with van der Waals surface area (Å²) in [6, 6.07) is 14.7. The van der Waals surface area contributed by atoms with Gasteiger partial charge in [-0.25, -0.2) is 4.79 Å². The summed E-state index contributed by atoms with van der Waals surface area (Å²) in [6.07, 6.45) is 8.66. The van der Waals surface area contributed by atoms with Crippen LogP contribution >= 0.6 is 0 Å². The number of aromatic nitrogens is 2. The normalized spacial score (nSPS) is 12.6. The number of para-hydroxylation sites is 2. The smallest absolute Gasteiger partial charge is 0.0512 e. The van der Waals surface area contributed by atoms with Crippen LogP contribution in [0, 0.1) is 0 Å². The zero-order valence-electron chi connectivity index (χ0n) is 17.9. The van der Waals surface area contributed by atoms with Gasteiger partial charge in [0.15, 0.2) is 0 Å². The molecule has 0 spiro atoms. The topological polar surface area (TPSA) is 115 Å². The maximum absolute atomic E-state index is 11.1. The molecule has 0 fully saturated rings. The molecule has 34 heavy (non-hydrogen) atoms. The maximum atomic E-state index is 11.1. The monoisotopic (exact) mass is 589 g/mol. The van der Waals surface area contributed by atoms with Gasteiger partial charge in [-0.15, -0.1) is 0 Å². The third-order valence-electron chi connectivity index (χ3n) is 5.77. The Balaban J connectivity index is 0.000000194. The number of carbonyl (C=O) groups is 1. The summed E-state index contributed by atoms with van der Waals surface area (Å²) in [5, 5.41) is 11.4. The number of rotatable bonds is 1. The molecule has 1 N–H and O–H groups in total. The zero-order valence-corrected chi connectivity index (χ0v) is 21.4. The van der Waals surface area contributed by atoms with Crippen molar-refractivity contribution in [1.82, 2.24) is 9.13 Å². The first-order valence-electron chi connectivity index (χ1n) is 10.3. The van der Waals surface area contributed by atoms with Gasteiger partial charge in [-0.1, -0.05) is 36.4 Å². The minimum atomic E-state index is -3.79. The van der Waals surface area contributed by atoms with E-state index in [1.807, 2.05) is 12.1 Å². The molecule has 4 aromatic rings. The summed E-state index contributed by atoms with van der Waals surface area (Å²) in [5.41, 5.74) is 5.79. The summed E-state index contributed by atoms with van der Waals surface area (Å²) in [6.45, 7) is 2.13. The second-order valence-electron chi connectivity index (χ2n) is 7.63. The molecule has 6 rings (SSSR count). The van der Waals surface area contributed by atoms with E-state index in [1.54, 1.807) is 6.20 Å². The Morgan fingerprint density at radius 2 is 1.41 bits per heavy atom. The number of carboxylic acids is 1. The molecule has 2 aromatic heterocycles. The van der Waals surface area contributed by atoms with Crippen LogP contribution in [0.3, 0.4) is 0 Å². The average Bonchev–Trinajstić information content (AvgIpc) is 3.41. The number of aryl methyl sites for hydroxylation is 4. The third kappa shape index (κ3) is 6.26. The van der Waals surface area contributed by atoms with Crippen LogP contribution in [-0.2, 0) is 88.4 Å². The Bertz CT molecular complexity index is 1410. The van der Waals surface area contributed by atoms with Crippen LogP contribution in [-0.4, -0.2) is 20.2 Å².